The minimum Gasteiger partial charge on any atom is -0.497 e. The molecule has 0 saturated carbocycles. The standard InChI is InChI=1S/C25H26N6O5/c1-13-10-30(11-14(2)26-13)21-7-6-19-18(27-21)9-20(36-19)25(23(33)28-24(34)29-25)31-12-15-4-5-16(35-3)8-17(15)22(31)32/h4-9,13-14,26H,10-12H2,1-3H3,(H2,28,29,33,34)/t13?,14?,25-/m1/s1. The van der Waals surface area contributed by atoms with Crippen LogP contribution in [0.2, 0.25) is 0 Å². The Labute approximate surface area is 206 Å². The number of amides is 4. The van der Waals surface area contributed by atoms with Gasteiger partial charge in [0.15, 0.2) is 11.3 Å². The van der Waals surface area contributed by atoms with Crippen molar-refractivity contribution < 1.29 is 23.5 Å². The number of imide groups is 1. The lowest BCUT2D eigenvalue weighted by molar-refractivity contribution is -0.131. The van der Waals surface area contributed by atoms with E-state index < -0.39 is 23.5 Å². The number of pyridine rings is 1. The number of carbonyl (C=O) groups is 3. The molecule has 2 saturated heterocycles. The number of nitrogens with one attached hydrogen (secondary N) is 3. The van der Waals surface area contributed by atoms with Gasteiger partial charge in [0.05, 0.1) is 13.7 Å². The van der Waals surface area contributed by atoms with E-state index >= 15 is 0 Å². The molecule has 0 spiro atoms. The van der Waals surface area contributed by atoms with Crippen LogP contribution < -0.4 is 25.6 Å². The number of benzene rings is 1. The molecule has 1 aromatic carbocycles. The molecule has 3 aliphatic rings. The molecule has 0 aliphatic carbocycles. The van der Waals surface area contributed by atoms with Gasteiger partial charge in [-0.2, -0.15) is 0 Å². The van der Waals surface area contributed by atoms with Crippen LogP contribution in [0.25, 0.3) is 11.1 Å². The number of rotatable bonds is 4. The van der Waals surface area contributed by atoms with E-state index in [-0.39, 0.29) is 12.3 Å². The smallest absolute Gasteiger partial charge is 0.324 e. The summed E-state index contributed by atoms with van der Waals surface area (Å²) in [6.45, 7) is 5.98. The quantitative estimate of drug-likeness (QED) is 0.471. The van der Waals surface area contributed by atoms with Crippen LogP contribution in [0.4, 0.5) is 10.6 Å². The molecule has 186 valence electrons. The fourth-order valence-electron chi connectivity index (χ4n) is 5.40. The zero-order chi connectivity index (χ0) is 25.2. The minimum absolute atomic E-state index is 0.109. The van der Waals surface area contributed by atoms with Gasteiger partial charge in [-0.25, -0.2) is 9.78 Å². The summed E-state index contributed by atoms with van der Waals surface area (Å²) in [5.74, 6) is 0.320. The third kappa shape index (κ3) is 3.30. The molecule has 36 heavy (non-hydrogen) atoms. The van der Waals surface area contributed by atoms with Crippen LogP contribution in [0.3, 0.4) is 0 Å². The van der Waals surface area contributed by atoms with Gasteiger partial charge in [0, 0.05) is 36.8 Å². The molecule has 3 aliphatic heterocycles. The molecule has 3 N–H and O–H groups in total. The zero-order valence-electron chi connectivity index (χ0n) is 20.1. The molecule has 2 unspecified atom stereocenters. The number of ether oxygens (including phenoxy) is 1. The molecule has 0 radical (unpaired) electrons. The fourth-order valence-corrected chi connectivity index (χ4v) is 5.40. The summed E-state index contributed by atoms with van der Waals surface area (Å²) in [5, 5.41) is 8.42. The van der Waals surface area contributed by atoms with E-state index in [1.165, 1.54) is 12.0 Å². The van der Waals surface area contributed by atoms with Gasteiger partial charge in [-0.15, -0.1) is 0 Å². The molecule has 6 rings (SSSR count). The molecule has 3 aromatic rings. The lowest BCUT2D eigenvalue weighted by Crippen LogP contribution is -2.57. The molecule has 3 atom stereocenters. The number of nitrogens with zero attached hydrogens (tertiary/aromatic N) is 3. The van der Waals surface area contributed by atoms with E-state index in [2.05, 4.69) is 34.7 Å². The van der Waals surface area contributed by atoms with E-state index in [1.807, 2.05) is 6.07 Å². The van der Waals surface area contributed by atoms with E-state index in [1.54, 1.807) is 30.3 Å². The van der Waals surface area contributed by atoms with Crippen molar-refractivity contribution in [1.29, 1.82) is 0 Å². The fraction of sp³-hybridized carbons (Fsp3) is 0.360. The van der Waals surface area contributed by atoms with Crippen molar-refractivity contribution in [2.45, 2.75) is 38.1 Å². The first-order valence-electron chi connectivity index (χ1n) is 11.8. The van der Waals surface area contributed by atoms with Crippen LogP contribution >= 0.6 is 0 Å². The Kier molecular flexibility index (Phi) is 4.94. The third-order valence-electron chi connectivity index (χ3n) is 6.97. The predicted octanol–water partition coefficient (Wildman–Crippen LogP) is 1.67. The van der Waals surface area contributed by atoms with Gasteiger partial charge >= 0.3 is 6.03 Å². The number of carbonyl (C=O) groups excluding carboxylic acids is 3. The van der Waals surface area contributed by atoms with Crippen molar-refractivity contribution in [2.24, 2.45) is 0 Å². The first-order chi connectivity index (χ1) is 17.3. The molecule has 11 heteroatoms. The molecule has 2 aromatic heterocycles. The van der Waals surface area contributed by atoms with Crippen molar-refractivity contribution in [3.8, 4) is 5.75 Å². The molecule has 4 amide bonds. The number of anilines is 1. The summed E-state index contributed by atoms with van der Waals surface area (Å²) in [6, 6.07) is 10.4. The first-order valence-corrected chi connectivity index (χ1v) is 11.8. The van der Waals surface area contributed by atoms with Gasteiger partial charge < -0.3 is 24.7 Å². The highest BCUT2D eigenvalue weighted by atomic mass is 16.5. The maximum Gasteiger partial charge on any atom is 0.324 e. The van der Waals surface area contributed by atoms with E-state index in [0.717, 1.165) is 18.9 Å². The highest BCUT2D eigenvalue weighted by molar-refractivity contribution is 6.11. The Hall–Kier alpha value is -4.12. The minimum atomic E-state index is -1.85. The second-order valence-corrected chi connectivity index (χ2v) is 9.57. The number of hydrogen-bond donors (Lipinski definition) is 3. The van der Waals surface area contributed by atoms with Gasteiger partial charge in [-0.05, 0) is 43.7 Å². The summed E-state index contributed by atoms with van der Waals surface area (Å²) in [6.07, 6.45) is 0. The lowest BCUT2D eigenvalue weighted by Gasteiger charge is -2.36. The maximum absolute atomic E-state index is 13.5. The van der Waals surface area contributed by atoms with Crippen molar-refractivity contribution in [3.05, 3.63) is 53.3 Å². The number of aromatic nitrogens is 1. The summed E-state index contributed by atoms with van der Waals surface area (Å²) in [4.78, 5) is 47.4. The monoisotopic (exact) mass is 490 g/mol. The van der Waals surface area contributed by atoms with Crippen molar-refractivity contribution in [3.63, 3.8) is 0 Å². The second-order valence-electron chi connectivity index (χ2n) is 9.57. The van der Waals surface area contributed by atoms with Gasteiger partial charge in [-0.3, -0.25) is 19.8 Å². The average Bonchev–Trinajstić information content (AvgIpc) is 3.51. The average molecular weight is 491 g/mol. The SMILES string of the molecule is COc1ccc2c(c1)C(=O)N([C@@]1(c3cc4nc(N5CC(C)NC(C)C5)ccc4o3)NC(=O)NC1=O)C2. The second kappa shape index (κ2) is 7.95. The topological polar surface area (TPSA) is 129 Å². The normalized spacial score (nSPS) is 25.8. The Morgan fingerprint density at radius 2 is 1.86 bits per heavy atom. The largest absolute Gasteiger partial charge is 0.497 e. The van der Waals surface area contributed by atoms with Crippen molar-refractivity contribution >= 4 is 34.8 Å². The number of furan rings is 1. The molecule has 2 fully saturated rings. The Morgan fingerprint density at radius 3 is 2.56 bits per heavy atom. The van der Waals surface area contributed by atoms with E-state index in [4.69, 9.17) is 14.1 Å². The Bertz CT molecular complexity index is 1410. The summed E-state index contributed by atoms with van der Waals surface area (Å²) >= 11 is 0. The first kappa shape index (κ1) is 22.4. The summed E-state index contributed by atoms with van der Waals surface area (Å²) < 4.78 is 11.3. The highest BCUT2D eigenvalue weighted by Crippen LogP contribution is 2.39. The number of fused-ring (bicyclic) bond motifs is 2. The molecule has 0 bridgehead atoms. The van der Waals surface area contributed by atoms with Crippen molar-refractivity contribution in [2.75, 3.05) is 25.1 Å². The summed E-state index contributed by atoms with van der Waals surface area (Å²) in [5.41, 5.74) is 0.248. The van der Waals surface area contributed by atoms with E-state index in [0.29, 0.717) is 40.1 Å². The lowest BCUT2D eigenvalue weighted by atomic mass is 10.1. The van der Waals surface area contributed by atoms with Crippen LogP contribution in [-0.2, 0) is 17.0 Å². The number of urea groups is 1. The van der Waals surface area contributed by atoms with Crippen LogP contribution in [0.5, 0.6) is 5.75 Å². The van der Waals surface area contributed by atoms with Crippen LogP contribution in [-0.4, -0.2) is 60.0 Å². The van der Waals surface area contributed by atoms with Gasteiger partial charge in [0.25, 0.3) is 17.5 Å². The Morgan fingerprint density at radius 1 is 1.08 bits per heavy atom. The van der Waals surface area contributed by atoms with Crippen LogP contribution in [0.1, 0.15) is 35.5 Å². The van der Waals surface area contributed by atoms with Crippen LogP contribution in [0, 0.1) is 0 Å². The third-order valence-corrected chi connectivity index (χ3v) is 6.97. The molecule has 11 nitrogen and oxygen atoms in total. The zero-order valence-corrected chi connectivity index (χ0v) is 20.1. The van der Waals surface area contributed by atoms with Gasteiger partial charge in [0.2, 0.25) is 0 Å². The molecule has 5 heterocycles. The predicted molar refractivity (Wildman–Crippen MR) is 130 cm³/mol. The van der Waals surface area contributed by atoms with Crippen molar-refractivity contribution in [1.82, 2.24) is 25.8 Å². The maximum atomic E-state index is 13.5. The molecular weight excluding hydrogens is 464 g/mol. The number of piperazine rings is 1. The molecular formula is C25H26N6O5. The number of methoxy groups -OCH3 is 1. The highest BCUT2D eigenvalue weighted by Gasteiger charge is 2.58. The van der Waals surface area contributed by atoms with Gasteiger partial charge in [0.1, 0.15) is 17.1 Å². The van der Waals surface area contributed by atoms with E-state index in [9.17, 15) is 14.4 Å². The van der Waals surface area contributed by atoms with Gasteiger partial charge in [-0.1, -0.05) is 6.07 Å². The Balaban J connectivity index is 1.41. The summed E-state index contributed by atoms with van der Waals surface area (Å²) in [7, 11) is 1.52. The van der Waals surface area contributed by atoms with Crippen LogP contribution in [0.15, 0.2) is 40.8 Å². The number of hydrogen-bond acceptors (Lipinski definition) is 8.